The zero-order chi connectivity index (χ0) is 7.71. The first-order valence-electron chi connectivity index (χ1n) is 2.69. The molecule has 0 aliphatic rings. The van der Waals surface area contributed by atoms with E-state index in [0.717, 1.165) is 6.16 Å². The van der Waals surface area contributed by atoms with Gasteiger partial charge in [0.1, 0.15) is 4.74 Å². The van der Waals surface area contributed by atoms with Crippen LogP contribution in [0, 0.1) is 5.41 Å². The van der Waals surface area contributed by atoms with Gasteiger partial charge in [0.15, 0.2) is 0 Å². The molecule has 0 unspecified atom stereocenters. The van der Waals surface area contributed by atoms with E-state index in [1.165, 1.54) is 0 Å². The Morgan fingerprint density at radius 3 is 1.67 bits per heavy atom. The Labute approximate surface area is 71.5 Å². The summed E-state index contributed by atoms with van der Waals surface area (Å²) in [5, 5.41) is 0. The monoisotopic (exact) mass is 204 g/mol. The molecule has 0 fully saturated rings. The van der Waals surface area contributed by atoms with Crippen molar-refractivity contribution in [2.45, 2.75) is 20.8 Å². The first-order valence-corrected chi connectivity index (χ1v) is 7.49. The summed E-state index contributed by atoms with van der Waals surface area (Å²) >= 11 is 16.3. The minimum Gasteiger partial charge on any atom is -0.0683 e. The van der Waals surface area contributed by atoms with Crippen LogP contribution in [0.15, 0.2) is 0 Å². The van der Waals surface area contributed by atoms with Crippen molar-refractivity contribution in [1.82, 2.24) is 0 Å². The lowest BCUT2D eigenvalue weighted by Crippen LogP contribution is -2.08. The molecular weight excluding hydrogens is 194 g/mol. The van der Waals surface area contributed by atoms with Gasteiger partial charge in [-0.2, -0.15) is 0 Å². The van der Waals surface area contributed by atoms with Crippen LogP contribution in [-0.4, -0.2) is 6.16 Å². The highest BCUT2D eigenvalue weighted by molar-refractivity contribution is 8.39. The fourth-order valence-electron chi connectivity index (χ4n) is 0.552. The molecule has 0 nitrogen and oxygen atoms in total. The Kier molecular flexibility index (Phi) is 3.51. The van der Waals surface area contributed by atoms with Crippen LogP contribution >= 0.6 is 27.2 Å². The second-order valence-electron chi connectivity index (χ2n) is 3.29. The predicted octanol–water partition coefficient (Wildman–Crippen LogP) is 3.82. The van der Waals surface area contributed by atoms with Crippen LogP contribution in [-0.2, 0) is 11.8 Å². The van der Waals surface area contributed by atoms with Gasteiger partial charge in [-0.1, -0.05) is 55.1 Å². The molecule has 0 aromatic rings. The van der Waals surface area contributed by atoms with Crippen molar-refractivity contribution in [3.05, 3.63) is 0 Å². The lowest BCUT2D eigenvalue weighted by Gasteiger charge is -2.19. The summed E-state index contributed by atoms with van der Waals surface area (Å²) in [5.74, 6) is 0. The van der Waals surface area contributed by atoms with E-state index in [4.69, 9.17) is 34.3 Å². The predicted molar refractivity (Wildman–Crippen MR) is 50.3 cm³/mol. The quantitative estimate of drug-likeness (QED) is 0.586. The molecule has 0 radical (unpaired) electrons. The summed E-state index contributed by atoms with van der Waals surface area (Å²) in [5.41, 5.74) is 0.166. The van der Waals surface area contributed by atoms with E-state index >= 15 is 0 Å². The molecule has 0 saturated carbocycles. The molecule has 0 rings (SSSR count). The Bertz CT molecular complexity index is 132. The van der Waals surface area contributed by atoms with Crippen LogP contribution in [0.25, 0.3) is 0 Å². The van der Waals surface area contributed by atoms with E-state index in [1.807, 2.05) is 0 Å². The van der Waals surface area contributed by atoms with Crippen molar-refractivity contribution >= 4 is 39.0 Å². The summed E-state index contributed by atoms with van der Waals surface area (Å²) in [6.45, 7) is 6.25. The fraction of sp³-hybridized carbons (Fsp3) is 1.00. The molecule has 0 amide bonds. The van der Waals surface area contributed by atoms with Crippen LogP contribution in [0.3, 0.4) is 0 Å². The summed E-state index contributed by atoms with van der Waals surface area (Å²) in [6.07, 6.45) is 0.748. The van der Waals surface area contributed by atoms with Crippen molar-refractivity contribution in [3.63, 3.8) is 0 Å². The smallest absolute Gasteiger partial charge is 0.0683 e. The van der Waals surface area contributed by atoms with Gasteiger partial charge < -0.3 is 0 Å². The van der Waals surface area contributed by atoms with Gasteiger partial charge in [-0.15, -0.1) is 0 Å². The first-order chi connectivity index (χ1) is 3.71. The van der Waals surface area contributed by atoms with E-state index in [0.29, 0.717) is 0 Å². The average molecular weight is 205 g/mol. The highest BCUT2D eigenvalue weighted by Gasteiger charge is 2.19. The van der Waals surface area contributed by atoms with E-state index in [2.05, 4.69) is 20.8 Å². The van der Waals surface area contributed by atoms with Gasteiger partial charge in [-0.25, -0.2) is 0 Å². The lowest BCUT2D eigenvalue weighted by molar-refractivity contribution is 0.479. The zero-order valence-electron chi connectivity index (χ0n) is 5.82. The molecule has 56 valence electrons. The molecule has 9 heavy (non-hydrogen) atoms. The second kappa shape index (κ2) is 3.09. The van der Waals surface area contributed by atoms with E-state index in [-0.39, 0.29) is 5.41 Å². The molecule has 0 aromatic carbocycles. The first kappa shape index (κ1) is 10.2. The standard InChI is InChI=1S/C5H11Cl2PS/c1-5(2,3)4-8(6,7)9/h4H2,1-3H3. The highest BCUT2D eigenvalue weighted by Crippen LogP contribution is 2.59. The number of rotatable bonds is 1. The maximum atomic E-state index is 5.71. The summed E-state index contributed by atoms with van der Waals surface area (Å²) in [7, 11) is 0. The van der Waals surface area contributed by atoms with E-state index in [9.17, 15) is 0 Å². The van der Waals surface area contributed by atoms with Gasteiger partial charge >= 0.3 is 0 Å². The molecule has 0 atom stereocenters. The molecule has 4 heteroatoms. The fourth-order valence-corrected chi connectivity index (χ4v) is 4.97. The summed E-state index contributed by atoms with van der Waals surface area (Å²) in [6, 6.07) is 0. The lowest BCUT2D eigenvalue weighted by atomic mass is 10.0. The topological polar surface area (TPSA) is 0 Å². The third-order valence-electron chi connectivity index (χ3n) is 0.658. The van der Waals surface area contributed by atoms with Crippen LogP contribution in [0.5, 0.6) is 0 Å². The molecular formula is C5H11Cl2PS. The van der Waals surface area contributed by atoms with E-state index in [1.54, 1.807) is 0 Å². The minimum absolute atomic E-state index is 0.166. The Hall–Kier alpha value is 1.23. The van der Waals surface area contributed by atoms with Crippen LogP contribution in [0.2, 0.25) is 0 Å². The van der Waals surface area contributed by atoms with Gasteiger partial charge in [0.25, 0.3) is 0 Å². The van der Waals surface area contributed by atoms with Crippen LogP contribution < -0.4 is 0 Å². The van der Waals surface area contributed by atoms with Gasteiger partial charge in [-0.3, -0.25) is 0 Å². The molecule has 0 spiro atoms. The third-order valence-corrected chi connectivity index (χ3v) is 3.08. The number of halogens is 2. The van der Waals surface area contributed by atoms with Crippen molar-refractivity contribution in [2.24, 2.45) is 5.41 Å². The normalized spacial score (nSPS) is 13.9. The molecule has 0 aliphatic heterocycles. The zero-order valence-corrected chi connectivity index (χ0v) is 9.04. The van der Waals surface area contributed by atoms with Gasteiger partial charge in [0, 0.05) is 6.16 Å². The number of hydrogen-bond acceptors (Lipinski definition) is 1. The average Bonchev–Trinajstić information content (AvgIpc) is 1.14. The Morgan fingerprint density at radius 2 is 1.67 bits per heavy atom. The van der Waals surface area contributed by atoms with Gasteiger partial charge in [0.2, 0.25) is 0 Å². The maximum Gasteiger partial charge on any atom is 0.120 e. The molecule has 0 aromatic heterocycles. The molecule has 0 N–H and O–H groups in total. The molecule has 0 aliphatic carbocycles. The number of hydrogen-bond donors (Lipinski definition) is 0. The van der Waals surface area contributed by atoms with Crippen molar-refractivity contribution < 1.29 is 0 Å². The van der Waals surface area contributed by atoms with Crippen molar-refractivity contribution in [1.29, 1.82) is 0 Å². The largest absolute Gasteiger partial charge is 0.120 e. The SMILES string of the molecule is CC(C)(C)CP(=S)(Cl)Cl. The summed E-state index contributed by atoms with van der Waals surface area (Å²) < 4.78 is -2.01. The van der Waals surface area contributed by atoms with Crippen molar-refractivity contribution in [3.8, 4) is 0 Å². The molecule has 0 heterocycles. The Balaban J connectivity index is 3.90. The molecule has 0 bridgehead atoms. The van der Waals surface area contributed by atoms with Gasteiger partial charge in [0.05, 0.1) is 0 Å². The molecule has 0 saturated heterocycles. The van der Waals surface area contributed by atoms with E-state index < -0.39 is 4.74 Å². The third kappa shape index (κ3) is 9.23. The van der Waals surface area contributed by atoms with Crippen LogP contribution in [0.4, 0.5) is 0 Å². The van der Waals surface area contributed by atoms with Gasteiger partial charge in [-0.05, 0) is 5.41 Å². The maximum absolute atomic E-state index is 5.71. The van der Waals surface area contributed by atoms with Crippen molar-refractivity contribution in [2.75, 3.05) is 6.16 Å². The minimum atomic E-state index is -2.01. The second-order valence-corrected chi connectivity index (χ2v) is 11.8. The van der Waals surface area contributed by atoms with Crippen LogP contribution in [0.1, 0.15) is 20.8 Å². The summed E-state index contributed by atoms with van der Waals surface area (Å²) in [4.78, 5) is 0. The highest BCUT2D eigenvalue weighted by atomic mass is 35.9. The Morgan fingerprint density at radius 1 is 1.33 bits per heavy atom.